The Kier molecular flexibility index (Phi) is 7.00. The van der Waals surface area contributed by atoms with Crippen LogP contribution in [-0.4, -0.2) is 17.7 Å². The molecule has 5 rings (SSSR count). The van der Waals surface area contributed by atoms with Crippen molar-refractivity contribution >= 4 is 52.1 Å². The number of aromatic hydroxyl groups is 1. The van der Waals surface area contributed by atoms with Gasteiger partial charge in [0.2, 0.25) is 11.0 Å². The van der Waals surface area contributed by atoms with Crippen molar-refractivity contribution < 1.29 is 23.8 Å². The number of nitrogens with zero attached hydrogens (tertiary/aromatic N) is 2. The molecular weight excluding hydrogens is 472 g/mol. The van der Waals surface area contributed by atoms with Crippen molar-refractivity contribution in [1.82, 2.24) is 0 Å². The van der Waals surface area contributed by atoms with Crippen LogP contribution in [-0.2, 0) is 18.8 Å². The van der Waals surface area contributed by atoms with E-state index in [4.69, 9.17) is 4.74 Å². The first-order chi connectivity index (χ1) is 18.5. The molecule has 0 atom stereocenters. The SMILES string of the molecule is CCOC(=O)c1cc(C=Cc2cc[n+](C)c3ccccc23)c(O)c(C=Cc2cc[n+](C)c3ccccc23)c1. The standard InChI is InChI=1S/C33H29N2O3/c1-4-38-33(37)27-21-25(15-13-23-17-19-34(2)30-11-7-5-9-28(23)30)32(36)26(22-27)16-14-24-18-20-35(3)31-12-8-6-10-29(24)31/h5-22H,4H2,1-3H3/q+1/p+1. The number of carbonyl (C=O) groups excluding carboxylic acids is 1. The van der Waals surface area contributed by atoms with Crippen molar-refractivity contribution in [3.63, 3.8) is 0 Å². The summed E-state index contributed by atoms with van der Waals surface area (Å²) in [6.45, 7) is 2.05. The molecule has 2 heterocycles. The van der Waals surface area contributed by atoms with Crippen LogP contribution >= 0.6 is 0 Å². The van der Waals surface area contributed by atoms with E-state index in [-0.39, 0.29) is 12.4 Å². The lowest BCUT2D eigenvalue weighted by molar-refractivity contribution is -0.645. The zero-order valence-electron chi connectivity index (χ0n) is 21.8. The molecule has 0 bridgehead atoms. The van der Waals surface area contributed by atoms with Crippen LogP contribution < -0.4 is 9.13 Å². The second kappa shape index (κ2) is 10.7. The number of benzene rings is 3. The summed E-state index contributed by atoms with van der Waals surface area (Å²) in [5, 5.41) is 13.4. The zero-order chi connectivity index (χ0) is 26.6. The van der Waals surface area contributed by atoms with Crippen molar-refractivity contribution in [2.24, 2.45) is 14.1 Å². The Morgan fingerprint density at radius 2 is 1.18 bits per heavy atom. The first kappa shape index (κ1) is 24.9. The van der Waals surface area contributed by atoms with Crippen LogP contribution in [0.5, 0.6) is 5.75 Å². The number of fused-ring (bicyclic) bond motifs is 2. The smallest absolute Gasteiger partial charge is 0.338 e. The molecule has 0 amide bonds. The molecule has 0 fully saturated rings. The fourth-order valence-electron chi connectivity index (χ4n) is 4.69. The van der Waals surface area contributed by atoms with Gasteiger partial charge in [0.05, 0.1) is 22.9 Å². The Balaban J connectivity index is 1.59. The molecule has 0 radical (unpaired) electrons. The molecule has 5 heteroatoms. The quantitative estimate of drug-likeness (QED) is 0.234. The Morgan fingerprint density at radius 3 is 1.66 bits per heavy atom. The third-order valence-electron chi connectivity index (χ3n) is 6.71. The maximum absolute atomic E-state index is 12.7. The van der Waals surface area contributed by atoms with E-state index in [2.05, 4.69) is 33.4 Å². The fraction of sp³-hybridized carbons (Fsp3) is 0.121. The summed E-state index contributed by atoms with van der Waals surface area (Å²) in [7, 11) is 4.03. The highest BCUT2D eigenvalue weighted by molar-refractivity contribution is 5.95. The molecule has 5 aromatic rings. The lowest BCUT2D eigenvalue weighted by Crippen LogP contribution is -2.28. The minimum atomic E-state index is -0.425. The molecule has 188 valence electrons. The number of phenols is 1. The molecule has 1 N–H and O–H groups in total. The second-order valence-corrected chi connectivity index (χ2v) is 9.19. The first-order valence-corrected chi connectivity index (χ1v) is 12.6. The Morgan fingerprint density at radius 1 is 0.737 bits per heavy atom. The maximum Gasteiger partial charge on any atom is 0.338 e. The number of hydrogen-bond acceptors (Lipinski definition) is 3. The first-order valence-electron chi connectivity index (χ1n) is 12.6. The molecule has 0 spiro atoms. The van der Waals surface area contributed by atoms with Crippen molar-refractivity contribution in [1.29, 1.82) is 0 Å². The molecule has 0 saturated heterocycles. The number of hydrogen-bond donors (Lipinski definition) is 1. The van der Waals surface area contributed by atoms with E-state index in [1.54, 1.807) is 19.1 Å². The molecule has 5 nitrogen and oxygen atoms in total. The largest absolute Gasteiger partial charge is 0.507 e. The van der Waals surface area contributed by atoms with E-state index in [0.29, 0.717) is 16.7 Å². The van der Waals surface area contributed by atoms with Crippen molar-refractivity contribution in [2.45, 2.75) is 6.92 Å². The van der Waals surface area contributed by atoms with E-state index in [9.17, 15) is 9.90 Å². The average Bonchev–Trinajstić information content (AvgIpc) is 2.94. The van der Waals surface area contributed by atoms with Gasteiger partial charge in [-0.1, -0.05) is 48.6 Å². The van der Waals surface area contributed by atoms with Crippen LogP contribution in [0.15, 0.2) is 85.2 Å². The van der Waals surface area contributed by atoms with Crippen molar-refractivity contribution in [2.75, 3.05) is 6.61 Å². The minimum absolute atomic E-state index is 0.0992. The van der Waals surface area contributed by atoms with Crippen LogP contribution in [0, 0.1) is 0 Å². The predicted octanol–water partition coefficient (Wildman–Crippen LogP) is 5.87. The fourth-order valence-corrected chi connectivity index (χ4v) is 4.69. The molecule has 0 unspecified atom stereocenters. The lowest BCUT2D eigenvalue weighted by Gasteiger charge is -2.09. The molecule has 0 aliphatic carbocycles. The van der Waals surface area contributed by atoms with E-state index in [1.165, 1.54) is 0 Å². The van der Waals surface area contributed by atoms with Gasteiger partial charge in [-0.3, -0.25) is 0 Å². The van der Waals surface area contributed by atoms with Gasteiger partial charge in [-0.15, -0.1) is 0 Å². The zero-order valence-corrected chi connectivity index (χ0v) is 21.8. The molecule has 0 aliphatic heterocycles. The normalized spacial score (nSPS) is 11.7. The van der Waals surface area contributed by atoms with E-state index in [1.807, 2.05) is 87.2 Å². The number of esters is 1. The van der Waals surface area contributed by atoms with Gasteiger partial charge in [0, 0.05) is 35.4 Å². The van der Waals surface area contributed by atoms with E-state index in [0.717, 1.165) is 32.9 Å². The maximum atomic E-state index is 12.7. The minimum Gasteiger partial charge on any atom is -0.507 e. The molecule has 0 aliphatic rings. The summed E-state index contributed by atoms with van der Waals surface area (Å²) in [6, 6.07) is 23.7. The predicted molar refractivity (Wildman–Crippen MR) is 152 cm³/mol. The number of rotatable bonds is 6. The summed E-state index contributed by atoms with van der Waals surface area (Å²) in [6.07, 6.45) is 11.6. The molecule has 0 saturated carbocycles. The molecule has 3 aromatic carbocycles. The average molecular weight is 503 g/mol. The van der Waals surface area contributed by atoms with Crippen LogP contribution in [0.1, 0.15) is 39.5 Å². The monoisotopic (exact) mass is 502 g/mol. The summed E-state index contributed by atoms with van der Waals surface area (Å²) >= 11 is 0. The van der Waals surface area contributed by atoms with Gasteiger partial charge in [-0.05, 0) is 42.3 Å². The highest BCUT2D eigenvalue weighted by Crippen LogP contribution is 2.30. The number of ether oxygens (including phenoxy) is 1. The third kappa shape index (κ3) is 4.91. The van der Waals surface area contributed by atoms with Gasteiger partial charge in [-0.2, -0.15) is 0 Å². The highest BCUT2D eigenvalue weighted by Gasteiger charge is 2.14. The number of phenolic OH excluding ortho intramolecular Hbond substituents is 1. The van der Waals surface area contributed by atoms with Crippen LogP contribution in [0.4, 0.5) is 0 Å². The molecular formula is C33H30N2O3+2. The van der Waals surface area contributed by atoms with E-state index < -0.39 is 5.97 Å². The van der Waals surface area contributed by atoms with Gasteiger partial charge >= 0.3 is 5.97 Å². The van der Waals surface area contributed by atoms with Crippen molar-refractivity contribution in [3.05, 3.63) is 113 Å². The second-order valence-electron chi connectivity index (χ2n) is 9.19. The lowest BCUT2D eigenvalue weighted by atomic mass is 10.0. The highest BCUT2D eigenvalue weighted by atomic mass is 16.5. The van der Waals surface area contributed by atoms with Crippen molar-refractivity contribution in [3.8, 4) is 5.75 Å². The molecule has 38 heavy (non-hydrogen) atoms. The summed E-state index contributed by atoms with van der Waals surface area (Å²) in [5.41, 5.74) is 5.70. The Hall–Kier alpha value is -4.77. The topological polar surface area (TPSA) is 54.3 Å². The van der Waals surface area contributed by atoms with E-state index >= 15 is 0 Å². The van der Waals surface area contributed by atoms with Gasteiger partial charge in [-0.25, -0.2) is 13.9 Å². The summed E-state index contributed by atoms with van der Waals surface area (Å²) < 4.78 is 9.41. The van der Waals surface area contributed by atoms with Gasteiger partial charge in [0.1, 0.15) is 19.8 Å². The van der Waals surface area contributed by atoms with Crippen LogP contribution in [0.2, 0.25) is 0 Å². The number of carbonyl (C=O) groups is 1. The number of para-hydroxylation sites is 2. The summed E-state index contributed by atoms with van der Waals surface area (Å²) in [5.74, 6) is -0.326. The Bertz CT molecular complexity index is 1620. The number of aromatic nitrogens is 2. The van der Waals surface area contributed by atoms with Gasteiger partial charge < -0.3 is 9.84 Å². The van der Waals surface area contributed by atoms with Gasteiger partial charge in [0.25, 0.3) is 0 Å². The third-order valence-corrected chi connectivity index (χ3v) is 6.71. The number of pyridine rings is 2. The molecule has 2 aromatic heterocycles. The van der Waals surface area contributed by atoms with Crippen LogP contribution in [0.3, 0.4) is 0 Å². The Labute approximate surface area is 222 Å². The van der Waals surface area contributed by atoms with Crippen LogP contribution in [0.25, 0.3) is 46.1 Å². The number of aryl methyl sites for hydroxylation is 2. The summed E-state index contributed by atoms with van der Waals surface area (Å²) in [4.78, 5) is 12.7. The van der Waals surface area contributed by atoms with Gasteiger partial charge in [0.15, 0.2) is 12.4 Å².